The van der Waals surface area contributed by atoms with E-state index in [1.54, 1.807) is 31.3 Å². The van der Waals surface area contributed by atoms with E-state index in [1.807, 2.05) is 19.9 Å². The molecular formula is C21H24F2N2O4. The summed E-state index contributed by atoms with van der Waals surface area (Å²) in [6, 6.07) is 8.05. The van der Waals surface area contributed by atoms with Crippen molar-refractivity contribution in [3.8, 4) is 17.4 Å². The Hall–Kier alpha value is -3.16. The van der Waals surface area contributed by atoms with Gasteiger partial charge in [-0.15, -0.1) is 0 Å². The first-order chi connectivity index (χ1) is 13.9. The maximum Gasteiger partial charge on any atom is 0.387 e. The lowest BCUT2D eigenvalue weighted by molar-refractivity contribution is -0.116. The molecule has 2 rings (SSSR count). The Labute approximate surface area is 168 Å². The van der Waals surface area contributed by atoms with E-state index in [1.165, 1.54) is 18.2 Å². The minimum Gasteiger partial charge on any atom is -0.490 e. The molecule has 0 fully saturated rings. The van der Waals surface area contributed by atoms with Crippen LogP contribution in [0.5, 0.6) is 17.4 Å². The van der Waals surface area contributed by atoms with Crippen LogP contribution in [0.1, 0.15) is 31.9 Å². The second kappa shape index (κ2) is 11.0. The van der Waals surface area contributed by atoms with Crippen LogP contribution in [0, 0.1) is 0 Å². The van der Waals surface area contributed by atoms with Gasteiger partial charge >= 0.3 is 6.61 Å². The summed E-state index contributed by atoms with van der Waals surface area (Å²) in [5.74, 6) is 0.275. The number of aromatic nitrogens is 1. The fourth-order valence-electron chi connectivity index (χ4n) is 2.39. The van der Waals surface area contributed by atoms with Gasteiger partial charge in [0.25, 0.3) is 0 Å². The molecule has 0 saturated carbocycles. The second-order valence-electron chi connectivity index (χ2n) is 6.20. The molecule has 0 unspecified atom stereocenters. The van der Waals surface area contributed by atoms with Crippen LogP contribution in [-0.2, 0) is 11.3 Å². The number of rotatable bonds is 10. The van der Waals surface area contributed by atoms with E-state index < -0.39 is 6.61 Å². The van der Waals surface area contributed by atoms with Gasteiger partial charge in [-0.25, -0.2) is 4.98 Å². The van der Waals surface area contributed by atoms with E-state index in [0.29, 0.717) is 18.1 Å². The van der Waals surface area contributed by atoms with Gasteiger partial charge in [-0.3, -0.25) is 4.79 Å². The van der Waals surface area contributed by atoms with E-state index in [4.69, 9.17) is 9.47 Å². The lowest BCUT2D eigenvalue weighted by Gasteiger charge is -2.13. The van der Waals surface area contributed by atoms with E-state index in [9.17, 15) is 13.6 Å². The number of amides is 1. The van der Waals surface area contributed by atoms with Gasteiger partial charge in [0.15, 0.2) is 11.5 Å². The fourth-order valence-corrected chi connectivity index (χ4v) is 2.39. The number of ether oxygens (including phenoxy) is 3. The molecule has 0 atom stereocenters. The Morgan fingerprint density at radius 1 is 1.21 bits per heavy atom. The summed E-state index contributed by atoms with van der Waals surface area (Å²) in [6.45, 7) is 3.13. The predicted molar refractivity (Wildman–Crippen MR) is 105 cm³/mol. The third-order valence-electron chi connectivity index (χ3n) is 3.56. The quantitative estimate of drug-likeness (QED) is 0.599. The molecule has 2 aromatic rings. The predicted octanol–water partition coefficient (Wildman–Crippen LogP) is 4.20. The van der Waals surface area contributed by atoms with Crippen LogP contribution >= 0.6 is 0 Å². The zero-order chi connectivity index (χ0) is 21.2. The maximum absolute atomic E-state index is 12.5. The zero-order valence-corrected chi connectivity index (χ0v) is 16.5. The van der Waals surface area contributed by atoms with Gasteiger partial charge in [0.1, 0.15) is 0 Å². The van der Waals surface area contributed by atoms with E-state index in [2.05, 4.69) is 15.0 Å². The van der Waals surface area contributed by atoms with E-state index >= 15 is 0 Å². The first-order valence-electron chi connectivity index (χ1n) is 9.17. The standard InChI is InChI=1S/C21H24F2N2O4/c1-4-27-18-12-15(7-9-17(18)29-21(22)23)8-10-19(26)25-13-16-6-5-11-24-20(16)28-14(2)3/h5-12,14,21H,4,13H2,1-3H3,(H,25,26)/b10-8+. The van der Waals surface area contributed by atoms with Gasteiger partial charge < -0.3 is 19.5 Å². The second-order valence-corrected chi connectivity index (χ2v) is 6.20. The van der Waals surface area contributed by atoms with E-state index in [0.717, 1.165) is 5.56 Å². The van der Waals surface area contributed by atoms with Gasteiger partial charge in [0.05, 0.1) is 12.7 Å². The lowest BCUT2D eigenvalue weighted by Crippen LogP contribution is -2.21. The summed E-state index contributed by atoms with van der Waals surface area (Å²) >= 11 is 0. The third kappa shape index (κ3) is 7.40. The fraction of sp³-hybridized carbons (Fsp3) is 0.333. The van der Waals surface area contributed by atoms with Crippen molar-refractivity contribution in [3.05, 3.63) is 53.7 Å². The number of carbonyl (C=O) groups excluding carboxylic acids is 1. The number of hydrogen-bond donors (Lipinski definition) is 1. The Balaban J connectivity index is 2.01. The molecule has 29 heavy (non-hydrogen) atoms. The SMILES string of the molecule is CCOc1cc(/C=C/C(=O)NCc2cccnc2OC(C)C)ccc1OC(F)F. The Morgan fingerprint density at radius 2 is 2.00 bits per heavy atom. The Kier molecular flexibility index (Phi) is 8.39. The van der Waals surface area contributed by atoms with Crippen molar-refractivity contribution in [2.75, 3.05) is 6.61 Å². The summed E-state index contributed by atoms with van der Waals surface area (Å²) < 4.78 is 40.3. The van der Waals surface area contributed by atoms with Crippen molar-refractivity contribution < 1.29 is 27.8 Å². The highest BCUT2D eigenvalue weighted by Crippen LogP contribution is 2.30. The van der Waals surface area contributed by atoms with Crippen molar-refractivity contribution in [3.63, 3.8) is 0 Å². The first-order valence-corrected chi connectivity index (χ1v) is 9.17. The third-order valence-corrected chi connectivity index (χ3v) is 3.56. The molecule has 0 bridgehead atoms. The number of pyridine rings is 1. The lowest BCUT2D eigenvalue weighted by atomic mass is 10.2. The summed E-state index contributed by atoms with van der Waals surface area (Å²) in [5.41, 5.74) is 1.37. The zero-order valence-electron chi connectivity index (χ0n) is 16.5. The van der Waals surface area contributed by atoms with Crippen LogP contribution in [0.15, 0.2) is 42.6 Å². The van der Waals surface area contributed by atoms with Crippen molar-refractivity contribution in [1.82, 2.24) is 10.3 Å². The van der Waals surface area contributed by atoms with Crippen LogP contribution in [-0.4, -0.2) is 30.2 Å². The summed E-state index contributed by atoms with van der Waals surface area (Å²) in [5, 5.41) is 2.76. The molecular weight excluding hydrogens is 382 g/mol. The number of hydrogen-bond acceptors (Lipinski definition) is 5. The molecule has 156 valence electrons. The number of nitrogens with zero attached hydrogens (tertiary/aromatic N) is 1. The maximum atomic E-state index is 12.5. The molecule has 1 aromatic heterocycles. The molecule has 1 amide bonds. The average Bonchev–Trinajstić information content (AvgIpc) is 2.67. The molecule has 0 aliphatic carbocycles. The molecule has 1 heterocycles. The Morgan fingerprint density at radius 3 is 2.69 bits per heavy atom. The molecule has 1 N–H and O–H groups in total. The summed E-state index contributed by atoms with van der Waals surface area (Å²) in [4.78, 5) is 16.3. The van der Waals surface area contributed by atoms with Crippen LogP contribution in [0.4, 0.5) is 8.78 Å². The summed E-state index contributed by atoms with van der Waals surface area (Å²) in [6.07, 6.45) is 4.49. The Bertz CT molecular complexity index is 841. The number of nitrogens with one attached hydrogen (secondary N) is 1. The van der Waals surface area contributed by atoms with Crippen molar-refractivity contribution in [2.45, 2.75) is 40.0 Å². The van der Waals surface area contributed by atoms with Gasteiger partial charge in [0.2, 0.25) is 11.8 Å². The van der Waals surface area contributed by atoms with Crippen LogP contribution in [0.2, 0.25) is 0 Å². The smallest absolute Gasteiger partial charge is 0.387 e. The van der Waals surface area contributed by atoms with Crippen LogP contribution in [0.3, 0.4) is 0 Å². The minimum absolute atomic E-state index is 0.0317. The number of alkyl halides is 2. The highest BCUT2D eigenvalue weighted by Gasteiger charge is 2.11. The minimum atomic E-state index is -2.95. The van der Waals surface area contributed by atoms with Gasteiger partial charge in [-0.2, -0.15) is 8.78 Å². The molecule has 0 saturated heterocycles. The molecule has 0 aliphatic rings. The first kappa shape index (κ1) is 22.1. The molecule has 6 nitrogen and oxygen atoms in total. The number of halogens is 2. The van der Waals surface area contributed by atoms with E-state index in [-0.39, 0.29) is 30.1 Å². The summed E-state index contributed by atoms with van der Waals surface area (Å²) in [7, 11) is 0. The van der Waals surface area contributed by atoms with Crippen LogP contribution < -0.4 is 19.5 Å². The molecule has 0 radical (unpaired) electrons. The highest BCUT2D eigenvalue weighted by molar-refractivity contribution is 5.91. The van der Waals surface area contributed by atoms with Gasteiger partial charge in [0, 0.05) is 24.4 Å². The topological polar surface area (TPSA) is 69.7 Å². The normalized spacial score (nSPS) is 11.1. The largest absolute Gasteiger partial charge is 0.490 e. The van der Waals surface area contributed by atoms with Crippen LogP contribution in [0.25, 0.3) is 6.08 Å². The van der Waals surface area contributed by atoms with Crippen molar-refractivity contribution >= 4 is 12.0 Å². The monoisotopic (exact) mass is 406 g/mol. The van der Waals surface area contributed by atoms with Gasteiger partial charge in [-0.1, -0.05) is 12.1 Å². The van der Waals surface area contributed by atoms with Crippen molar-refractivity contribution in [2.24, 2.45) is 0 Å². The molecule has 0 spiro atoms. The highest BCUT2D eigenvalue weighted by atomic mass is 19.3. The average molecular weight is 406 g/mol. The molecule has 0 aliphatic heterocycles. The number of carbonyl (C=O) groups is 1. The van der Waals surface area contributed by atoms with Gasteiger partial charge in [-0.05, 0) is 50.6 Å². The molecule has 1 aromatic carbocycles. The van der Waals surface area contributed by atoms with Crippen molar-refractivity contribution in [1.29, 1.82) is 0 Å². The molecule has 8 heteroatoms. The number of benzene rings is 1.